The molecule has 0 bridgehead atoms. The van der Waals surface area contributed by atoms with Crippen LogP contribution in [0.3, 0.4) is 0 Å². The lowest BCUT2D eigenvalue weighted by Gasteiger charge is -2.17. The summed E-state index contributed by atoms with van der Waals surface area (Å²) in [7, 11) is 1.34. The number of aliphatic hydroxyl groups excluding tert-OH is 1. The standard InChI is InChI=1S/C37H33ClN4O4/c1-21-28(6-4-8-30(21)33-17-25-15-26(37(44)45-3)16-31(38)35(25)46-33)29-7-5-9-32(22(29)2)41-36-34-24(10-12-39-36)14-23(18-40-34)19-42-13-11-27(43)20-42/h4-10,12,14-18,27,43H,11,13,19-20H2,1-3H3,(H,39,41). The molecule has 232 valence electrons. The number of benzene rings is 3. The molecule has 1 aliphatic rings. The van der Waals surface area contributed by atoms with Gasteiger partial charge in [0.2, 0.25) is 0 Å². The summed E-state index contributed by atoms with van der Waals surface area (Å²) < 4.78 is 11.1. The van der Waals surface area contributed by atoms with Gasteiger partial charge in [-0.15, -0.1) is 0 Å². The monoisotopic (exact) mass is 632 g/mol. The maximum Gasteiger partial charge on any atom is 0.337 e. The molecule has 1 fully saturated rings. The number of aromatic nitrogens is 2. The van der Waals surface area contributed by atoms with Crippen molar-refractivity contribution in [2.24, 2.45) is 0 Å². The van der Waals surface area contributed by atoms with E-state index in [1.165, 1.54) is 7.11 Å². The van der Waals surface area contributed by atoms with Crippen molar-refractivity contribution < 1.29 is 19.1 Å². The van der Waals surface area contributed by atoms with Crippen LogP contribution in [0.15, 0.2) is 83.5 Å². The maximum absolute atomic E-state index is 12.1. The molecule has 2 N–H and O–H groups in total. The molecule has 1 aliphatic heterocycles. The van der Waals surface area contributed by atoms with Gasteiger partial charge in [-0.25, -0.2) is 9.78 Å². The van der Waals surface area contributed by atoms with E-state index in [1.54, 1.807) is 18.3 Å². The van der Waals surface area contributed by atoms with Crippen molar-refractivity contribution in [3.8, 4) is 22.5 Å². The third-order valence-electron chi connectivity index (χ3n) is 8.78. The quantitative estimate of drug-likeness (QED) is 0.170. The topological polar surface area (TPSA) is 101 Å². The van der Waals surface area contributed by atoms with Gasteiger partial charge in [0.05, 0.1) is 23.8 Å². The average Bonchev–Trinajstić information content (AvgIpc) is 3.68. The van der Waals surface area contributed by atoms with Gasteiger partial charge in [0, 0.05) is 54.1 Å². The van der Waals surface area contributed by atoms with Crippen molar-refractivity contribution in [3.05, 3.63) is 106 Å². The molecule has 9 heteroatoms. The van der Waals surface area contributed by atoms with Gasteiger partial charge in [0.25, 0.3) is 0 Å². The van der Waals surface area contributed by atoms with Gasteiger partial charge >= 0.3 is 5.97 Å². The highest BCUT2D eigenvalue weighted by Crippen LogP contribution is 2.39. The number of furan rings is 1. The number of rotatable bonds is 7. The van der Waals surface area contributed by atoms with Crippen molar-refractivity contribution in [2.75, 3.05) is 25.5 Å². The molecule has 8 nitrogen and oxygen atoms in total. The van der Waals surface area contributed by atoms with Crippen LogP contribution in [0.25, 0.3) is 44.3 Å². The first kappa shape index (κ1) is 29.9. The molecule has 4 heterocycles. The highest BCUT2D eigenvalue weighted by Gasteiger charge is 2.21. The number of methoxy groups -OCH3 is 1. The van der Waals surface area contributed by atoms with E-state index in [-0.39, 0.29) is 6.10 Å². The number of hydrogen-bond donors (Lipinski definition) is 2. The fraction of sp³-hybridized carbons (Fsp3) is 0.216. The van der Waals surface area contributed by atoms with Crippen molar-refractivity contribution in [2.45, 2.75) is 32.9 Å². The van der Waals surface area contributed by atoms with Gasteiger partial charge in [-0.05, 0) is 84.5 Å². The van der Waals surface area contributed by atoms with Gasteiger partial charge in [-0.2, -0.15) is 0 Å². The van der Waals surface area contributed by atoms with Crippen LogP contribution in [0.2, 0.25) is 5.02 Å². The first-order valence-corrected chi connectivity index (χ1v) is 15.6. The highest BCUT2D eigenvalue weighted by molar-refractivity contribution is 6.35. The number of esters is 1. The normalized spacial score (nSPS) is 15.1. The van der Waals surface area contributed by atoms with Crippen LogP contribution in [0.1, 0.15) is 33.5 Å². The number of ether oxygens (including phenoxy) is 1. The minimum absolute atomic E-state index is 0.245. The second kappa shape index (κ2) is 12.2. The number of pyridine rings is 2. The Labute approximate surface area is 271 Å². The number of halogens is 1. The second-order valence-electron chi connectivity index (χ2n) is 11.8. The van der Waals surface area contributed by atoms with E-state index in [0.717, 1.165) is 74.9 Å². The summed E-state index contributed by atoms with van der Waals surface area (Å²) in [5, 5.41) is 15.5. The van der Waals surface area contributed by atoms with E-state index in [0.29, 0.717) is 34.3 Å². The van der Waals surface area contributed by atoms with Crippen LogP contribution in [-0.4, -0.2) is 52.2 Å². The number of carbonyl (C=O) groups excluding carboxylic acids is 1. The van der Waals surface area contributed by atoms with E-state index < -0.39 is 5.97 Å². The van der Waals surface area contributed by atoms with E-state index in [1.807, 2.05) is 42.6 Å². The zero-order valence-corrected chi connectivity index (χ0v) is 26.6. The fourth-order valence-corrected chi connectivity index (χ4v) is 6.63. The molecule has 6 aromatic rings. The van der Waals surface area contributed by atoms with Gasteiger partial charge in [0.15, 0.2) is 11.4 Å². The summed E-state index contributed by atoms with van der Waals surface area (Å²) in [5.41, 5.74) is 8.95. The first-order valence-electron chi connectivity index (χ1n) is 15.2. The molecular formula is C37H33ClN4O4. The Bertz CT molecular complexity index is 2130. The Hall–Kier alpha value is -4.76. The van der Waals surface area contributed by atoms with Gasteiger partial charge < -0.3 is 19.6 Å². The second-order valence-corrected chi connectivity index (χ2v) is 12.2. The summed E-state index contributed by atoms with van der Waals surface area (Å²) >= 11 is 6.49. The van der Waals surface area contributed by atoms with Crippen LogP contribution >= 0.6 is 11.6 Å². The van der Waals surface area contributed by atoms with Crippen molar-refractivity contribution in [1.29, 1.82) is 0 Å². The number of β-amino-alcohol motifs (C(OH)–C–C–N with tert-alkyl or cyclic N) is 1. The van der Waals surface area contributed by atoms with Crippen LogP contribution in [-0.2, 0) is 11.3 Å². The van der Waals surface area contributed by atoms with E-state index in [9.17, 15) is 9.90 Å². The Morgan fingerprint density at radius 3 is 2.59 bits per heavy atom. The van der Waals surface area contributed by atoms with E-state index in [2.05, 4.69) is 47.2 Å². The Balaban J connectivity index is 1.20. The summed E-state index contributed by atoms with van der Waals surface area (Å²) in [6.07, 6.45) is 4.27. The van der Waals surface area contributed by atoms with Crippen LogP contribution in [0, 0.1) is 13.8 Å². The number of aliphatic hydroxyl groups is 1. The summed E-state index contributed by atoms with van der Waals surface area (Å²) in [6, 6.07) is 21.7. The largest absolute Gasteiger partial charge is 0.465 e. The molecular weight excluding hydrogens is 600 g/mol. The van der Waals surface area contributed by atoms with Gasteiger partial charge in [0.1, 0.15) is 11.3 Å². The Kier molecular flexibility index (Phi) is 7.94. The number of nitrogens with one attached hydrogen (secondary N) is 1. The van der Waals surface area contributed by atoms with Crippen molar-refractivity contribution >= 4 is 50.9 Å². The number of nitrogens with zero attached hydrogens (tertiary/aromatic N) is 3. The van der Waals surface area contributed by atoms with E-state index >= 15 is 0 Å². The van der Waals surface area contributed by atoms with Crippen molar-refractivity contribution in [3.63, 3.8) is 0 Å². The predicted octanol–water partition coefficient (Wildman–Crippen LogP) is 8.08. The molecule has 46 heavy (non-hydrogen) atoms. The minimum Gasteiger partial charge on any atom is -0.465 e. The zero-order chi connectivity index (χ0) is 31.9. The van der Waals surface area contributed by atoms with Crippen LogP contribution in [0.5, 0.6) is 0 Å². The van der Waals surface area contributed by atoms with Crippen LogP contribution < -0.4 is 5.32 Å². The number of anilines is 2. The summed E-state index contributed by atoms with van der Waals surface area (Å²) in [4.78, 5) is 23.8. The molecule has 0 radical (unpaired) electrons. The lowest BCUT2D eigenvalue weighted by Crippen LogP contribution is -2.21. The average molecular weight is 633 g/mol. The number of hydrogen-bond acceptors (Lipinski definition) is 8. The smallest absolute Gasteiger partial charge is 0.337 e. The third kappa shape index (κ3) is 5.60. The molecule has 0 spiro atoms. The van der Waals surface area contributed by atoms with Gasteiger partial charge in [-0.1, -0.05) is 41.9 Å². The molecule has 1 unspecified atom stereocenters. The van der Waals surface area contributed by atoms with Gasteiger partial charge in [-0.3, -0.25) is 9.88 Å². The first-order chi connectivity index (χ1) is 22.3. The lowest BCUT2D eigenvalue weighted by atomic mass is 9.92. The molecule has 3 aromatic heterocycles. The van der Waals surface area contributed by atoms with Crippen LogP contribution in [0.4, 0.5) is 11.5 Å². The minimum atomic E-state index is -0.452. The summed E-state index contributed by atoms with van der Waals surface area (Å²) in [6.45, 7) is 6.53. The number of carbonyl (C=O) groups is 1. The third-order valence-corrected chi connectivity index (χ3v) is 9.06. The summed E-state index contributed by atoms with van der Waals surface area (Å²) in [5.74, 6) is 0.903. The molecule has 1 atom stereocenters. The fourth-order valence-electron chi connectivity index (χ4n) is 6.36. The number of fused-ring (bicyclic) bond motifs is 2. The zero-order valence-electron chi connectivity index (χ0n) is 25.8. The van der Waals surface area contributed by atoms with E-state index in [4.69, 9.17) is 25.7 Å². The lowest BCUT2D eigenvalue weighted by molar-refractivity contribution is 0.0601. The Morgan fingerprint density at radius 1 is 1.02 bits per heavy atom. The molecule has 7 rings (SSSR count). The molecule has 0 aliphatic carbocycles. The molecule has 0 saturated carbocycles. The number of likely N-dealkylation sites (tertiary alicyclic amines) is 1. The molecule has 3 aromatic carbocycles. The molecule has 0 amide bonds. The van der Waals surface area contributed by atoms with Crippen molar-refractivity contribution in [1.82, 2.24) is 14.9 Å². The highest BCUT2D eigenvalue weighted by atomic mass is 35.5. The Morgan fingerprint density at radius 2 is 1.80 bits per heavy atom. The predicted molar refractivity (Wildman–Crippen MR) is 182 cm³/mol. The maximum atomic E-state index is 12.1. The molecule has 1 saturated heterocycles. The SMILES string of the molecule is COC(=O)c1cc(Cl)c2oc(-c3cccc(-c4cccc(Nc5nccc6cc(CN7CCC(O)C7)cnc56)c4C)c3C)cc2c1.